The Bertz CT molecular complexity index is 650. The predicted molar refractivity (Wildman–Crippen MR) is 64.5 cm³/mol. The minimum atomic E-state index is -1.12. The standard InChI is InChI=1S/C13H9N3O3/c14-5-9-3-1-2-4-12(9)19-7-11-10(13(17)18)6-15-8-16-11/h1-4,6,8H,7H2,(H,17,18). The fourth-order valence-corrected chi connectivity index (χ4v) is 1.48. The lowest BCUT2D eigenvalue weighted by molar-refractivity contribution is 0.0692. The molecular weight excluding hydrogens is 246 g/mol. The van der Waals surface area contributed by atoms with Gasteiger partial charge in [-0.1, -0.05) is 12.1 Å². The molecule has 0 fully saturated rings. The summed E-state index contributed by atoms with van der Waals surface area (Å²) < 4.78 is 5.43. The lowest BCUT2D eigenvalue weighted by atomic mass is 10.2. The zero-order chi connectivity index (χ0) is 13.7. The number of para-hydroxylation sites is 1. The largest absolute Gasteiger partial charge is 0.486 e. The first-order valence-corrected chi connectivity index (χ1v) is 5.36. The Morgan fingerprint density at radius 3 is 2.95 bits per heavy atom. The highest BCUT2D eigenvalue weighted by molar-refractivity contribution is 5.88. The van der Waals surface area contributed by atoms with E-state index in [0.29, 0.717) is 11.3 Å². The van der Waals surface area contributed by atoms with Gasteiger partial charge in [-0.05, 0) is 12.1 Å². The molecule has 1 aromatic heterocycles. The average Bonchev–Trinajstić information content (AvgIpc) is 2.45. The number of carboxylic acid groups (broad SMARTS) is 1. The van der Waals surface area contributed by atoms with Crippen LogP contribution in [0.5, 0.6) is 5.75 Å². The Morgan fingerprint density at radius 1 is 1.42 bits per heavy atom. The van der Waals surface area contributed by atoms with Crippen molar-refractivity contribution in [3.05, 3.63) is 53.6 Å². The van der Waals surface area contributed by atoms with Crippen molar-refractivity contribution < 1.29 is 14.6 Å². The quantitative estimate of drug-likeness (QED) is 0.891. The number of aromatic nitrogens is 2. The van der Waals surface area contributed by atoms with E-state index in [-0.39, 0.29) is 17.9 Å². The molecule has 0 saturated heterocycles. The van der Waals surface area contributed by atoms with Gasteiger partial charge in [0.2, 0.25) is 0 Å². The summed E-state index contributed by atoms with van der Waals surface area (Å²) in [4.78, 5) is 18.5. The number of nitriles is 1. The summed E-state index contributed by atoms with van der Waals surface area (Å²) in [5.74, 6) is -0.729. The summed E-state index contributed by atoms with van der Waals surface area (Å²) in [7, 11) is 0. The fraction of sp³-hybridized carbons (Fsp3) is 0.0769. The summed E-state index contributed by atoms with van der Waals surface area (Å²) in [6.07, 6.45) is 2.46. The molecule has 0 aliphatic rings. The molecule has 0 bridgehead atoms. The van der Waals surface area contributed by atoms with Gasteiger partial charge in [-0.25, -0.2) is 14.8 Å². The molecule has 1 N–H and O–H groups in total. The van der Waals surface area contributed by atoms with Crippen LogP contribution in [0.3, 0.4) is 0 Å². The van der Waals surface area contributed by atoms with Gasteiger partial charge in [0, 0.05) is 6.20 Å². The van der Waals surface area contributed by atoms with Crippen LogP contribution in [0, 0.1) is 11.3 Å². The van der Waals surface area contributed by atoms with E-state index in [1.807, 2.05) is 6.07 Å². The molecule has 0 radical (unpaired) electrons. The maximum Gasteiger partial charge on any atom is 0.339 e. The zero-order valence-corrected chi connectivity index (χ0v) is 9.78. The summed E-state index contributed by atoms with van der Waals surface area (Å²) in [5.41, 5.74) is 0.626. The van der Waals surface area contributed by atoms with E-state index in [1.165, 1.54) is 12.5 Å². The monoisotopic (exact) mass is 255 g/mol. The van der Waals surface area contributed by atoms with Crippen LogP contribution >= 0.6 is 0 Å². The van der Waals surface area contributed by atoms with Gasteiger partial charge in [-0.15, -0.1) is 0 Å². The Hall–Kier alpha value is -2.94. The second-order valence-electron chi connectivity index (χ2n) is 3.58. The average molecular weight is 255 g/mol. The van der Waals surface area contributed by atoms with E-state index in [1.54, 1.807) is 24.3 Å². The molecule has 0 saturated carbocycles. The number of ether oxygens (including phenoxy) is 1. The van der Waals surface area contributed by atoms with E-state index in [9.17, 15) is 4.79 Å². The molecule has 6 heteroatoms. The molecule has 1 heterocycles. The van der Waals surface area contributed by atoms with E-state index < -0.39 is 5.97 Å². The number of carbonyl (C=O) groups is 1. The molecule has 0 spiro atoms. The second-order valence-corrected chi connectivity index (χ2v) is 3.58. The first-order chi connectivity index (χ1) is 9.22. The van der Waals surface area contributed by atoms with Crippen molar-refractivity contribution in [3.63, 3.8) is 0 Å². The molecule has 0 amide bonds. The highest BCUT2D eigenvalue weighted by Gasteiger charge is 2.12. The van der Waals surface area contributed by atoms with Crippen LogP contribution in [0.1, 0.15) is 21.6 Å². The van der Waals surface area contributed by atoms with E-state index in [4.69, 9.17) is 15.1 Å². The zero-order valence-electron chi connectivity index (χ0n) is 9.78. The maximum atomic E-state index is 11.0. The minimum Gasteiger partial charge on any atom is -0.486 e. The number of benzene rings is 1. The van der Waals surface area contributed by atoms with E-state index >= 15 is 0 Å². The van der Waals surface area contributed by atoms with Gasteiger partial charge < -0.3 is 9.84 Å². The van der Waals surface area contributed by atoms with Crippen molar-refractivity contribution in [1.82, 2.24) is 9.97 Å². The SMILES string of the molecule is N#Cc1ccccc1OCc1ncncc1C(=O)O. The highest BCUT2D eigenvalue weighted by Crippen LogP contribution is 2.18. The summed E-state index contributed by atoms with van der Waals surface area (Å²) in [5, 5.41) is 17.9. The normalized spacial score (nSPS) is 9.63. The number of aromatic carboxylic acids is 1. The molecule has 0 unspecified atom stereocenters. The van der Waals surface area contributed by atoms with E-state index in [2.05, 4.69) is 9.97 Å². The molecule has 0 aliphatic carbocycles. The van der Waals surface area contributed by atoms with Gasteiger partial charge in [-0.2, -0.15) is 5.26 Å². The first kappa shape index (κ1) is 12.5. The van der Waals surface area contributed by atoms with Crippen LogP contribution in [-0.4, -0.2) is 21.0 Å². The highest BCUT2D eigenvalue weighted by atomic mass is 16.5. The van der Waals surface area contributed by atoms with Crippen molar-refractivity contribution in [1.29, 1.82) is 5.26 Å². The molecule has 6 nitrogen and oxygen atoms in total. The van der Waals surface area contributed by atoms with Crippen molar-refractivity contribution in [3.8, 4) is 11.8 Å². The smallest absolute Gasteiger partial charge is 0.339 e. The summed E-state index contributed by atoms with van der Waals surface area (Å²) in [6, 6.07) is 8.70. The fourth-order valence-electron chi connectivity index (χ4n) is 1.48. The minimum absolute atomic E-state index is 0.0167. The van der Waals surface area contributed by atoms with Gasteiger partial charge >= 0.3 is 5.97 Å². The molecule has 0 atom stereocenters. The lowest BCUT2D eigenvalue weighted by Crippen LogP contribution is -2.09. The molecule has 19 heavy (non-hydrogen) atoms. The van der Waals surface area contributed by atoms with Crippen LogP contribution in [0.25, 0.3) is 0 Å². The molecule has 94 valence electrons. The third-order valence-corrected chi connectivity index (χ3v) is 2.40. The van der Waals surface area contributed by atoms with Crippen LogP contribution in [0.15, 0.2) is 36.8 Å². The van der Waals surface area contributed by atoms with Crippen LogP contribution < -0.4 is 4.74 Å². The third kappa shape index (κ3) is 2.84. The van der Waals surface area contributed by atoms with Gasteiger partial charge in [0.1, 0.15) is 30.3 Å². The van der Waals surface area contributed by atoms with Crippen molar-refractivity contribution >= 4 is 5.97 Å². The van der Waals surface area contributed by atoms with Gasteiger partial charge in [0.25, 0.3) is 0 Å². The molecule has 2 aromatic rings. The summed E-state index contributed by atoms with van der Waals surface area (Å²) in [6.45, 7) is -0.0388. The number of rotatable bonds is 4. The van der Waals surface area contributed by atoms with Gasteiger partial charge in [0.05, 0.1) is 11.3 Å². The van der Waals surface area contributed by atoms with Crippen LogP contribution in [0.2, 0.25) is 0 Å². The molecule has 1 aromatic carbocycles. The molecule has 2 rings (SSSR count). The second kappa shape index (κ2) is 5.60. The van der Waals surface area contributed by atoms with Gasteiger partial charge in [0.15, 0.2) is 0 Å². The first-order valence-electron chi connectivity index (χ1n) is 5.36. The van der Waals surface area contributed by atoms with Crippen molar-refractivity contribution in [2.24, 2.45) is 0 Å². The maximum absolute atomic E-state index is 11.0. The number of hydrogen-bond acceptors (Lipinski definition) is 5. The topological polar surface area (TPSA) is 96.1 Å². The Kier molecular flexibility index (Phi) is 3.69. The number of carboxylic acids is 1. The van der Waals surface area contributed by atoms with Crippen molar-refractivity contribution in [2.45, 2.75) is 6.61 Å². The Balaban J connectivity index is 2.20. The Labute approximate surface area is 108 Å². The molecular formula is C13H9N3O3. The molecule has 0 aliphatic heterocycles. The number of hydrogen-bond donors (Lipinski definition) is 1. The number of nitrogens with zero attached hydrogens (tertiary/aromatic N) is 3. The predicted octanol–water partition coefficient (Wildman–Crippen LogP) is 1.63. The third-order valence-electron chi connectivity index (χ3n) is 2.40. The van der Waals surface area contributed by atoms with Gasteiger partial charge in [-0.3, -0.25) is 0 Å². The lowest BCUT2D eigenvalue weighted by Gasteiger charge is -2.08. The summed E-state index contributed by atoms with van der Waals surface area (Å²) >= 11 is 0. The van der Waals surface area contributed by atoms with Crippen molar-refractivity contribution in [2.75, 3.05) is 0 Å². The van der Waals surface area contributed by atoms with Crippen LogP contribution in [-0.2, 0) is 6.61 Å². The van der Waals surface area contributed by atoms with E-state index in [0.717, 1.165) is 0 Å². The Morgan fingerprint density at radius 2 is 2.21 bits per heavy atom. The van der Waals surface area contributed by atoms with Crippen LogP contribution in [0.4, 0.5) is 0 Å².